The molecule has 4 nitrogen and oxygen atoms in total. The minimum Gasteiger partial charge on any atom is -0.350 e. The Kier molecular flexibility index (Phi) is 3.33. The molecule has 0 saturated heterocycles. The molecule has 0 unspecified atom stereocenters. The molecule has 0 radical (unpaired) electrons. The summed E-state index contributed by atoms with van der Waals surface area (Å²) in [5.41, 5.74) is 2.73. The average Bonchev–Trinajstić information content (AvgIpc) is 3.25. The quantitative estimate of drug-likeness (QED) is 0.805. The topological polar surface area (TPSA) is 46.4 Å². The van der Waals surface area contributed by atoms with Crippen molar-refractivity contribution in [2.45, 2.75) is 18.9 Å². The highest BCUT2D eigenvalue weighted by Crippen LogP contribution is 2.47. The van der Waals surface area contributed by atoms with Crippen molar-refractivity contribution in [1.29, 1.82) is 0 Å². The van der Waals surface area contributed by atoms with Crippen molar-refractivity contribution >= 4 is 11.6 Å². The van der Waals surface area contributed by atoms with Gasteiger partial charge in [0.05, 0.1) is 12.2 Å². The molecule has 5 heteroatoms. The van der Waals surface area contributed by atoms with E-state index in [1.54, 1.807) is 12.1 Å². The van der Waals surface area contributed by atoms with E-state index in [2.05, 4.69) is 10.3 Å². The number of aromatic nitrogens is 2. The minimum absolute atomic E-state index is 0.0162. The van der Waals surface area contributed by atoms with Crippen LogP contribution in [0.1, 0.15) is 23.6 Å². The highest BCUT2D eigenvalue weighted by atomic mass is 19.1. The molecule has 2 atom stereocenters. The van der Waals surface area contributed by atoms with E-state index in [1.807, 2.05) is 35.0 Å². The van der Waals surface area contributed by atoms with Crippen molar-refractivity contribution in [3.8, 4) is 0 Å². The van der Waals surface area contributed by atoms with Gasteiger partial charge in [0.25, 0.3) is 0 Å². The Labute approximate surface area is 133 Å². The number of fused-ring (bicyclic) bond motifs is 1. The fourth-order valence-electron chi connectivity index (χ4n) is 2.94. The molecule has 3 aromatic rings. The van der Waals surface area contributed by atoms with E-state index in [0.717, 1.165) is 23.3 Å². The molecule has 1 saturated carbocycles. The number of benzene rings is 1. The van der Waals surface area contributed by atoms with E-state index >= 15 is 0 Å². The first-order chi connectivity index (χ1) is 11.2. The van der Waals surface area contributed by atoms with E-state index in [1.165, 1.54) is 12.1 Å². The molecular formula is C18H16FN3O. The number of rotatable bonds is 4. The van der Waals surface area contributed by atoms with Crippen LogP contribution in [0.15, 0.2) is 54.9 Å². The summed E-state index contributed by atoms with van der Waals surface area (Å²) in [6.07, 6.45) is 4.67. The second-order valence-corrected chi connectivity index (χ2v) is 5.92. The molecule has 2 aromatic heterocycles. The Morgan fingerprint density at radius 3 is 2.87 bits per heavy atom. The van der Waals surface area contributed by atoms with Gasteiger partial charge in [-0.05, 0) is 42.2 Å². The van der Waals surface area contributed by atoms with Crippen LogP contribution in [0.4, 0.5) is 4.39 Å². The van der Waals surface area contributed by atoms with Gasteiger partial charge in [-0.1, -0.05) is 18.2 Å². The average molecular weight is 309 g/mol. The SMILES string of the molecule is O=C(NCc1cn2ccccc2n1)[C@H]1C[C@H]1c1ccc(F)cc1. The summed E-state index contributed by atoms with van der Waals surface area (Å²) in [6.45, 7) is 0.424. The lowest BCUT2D eigenvalue weighted by molar-refractivity contribution is -0.122. The number of hydrogen-bond donors (Lipinski definition) is 1. The lowest BCUT2D eigenvalue weighted by Crippen LogP contribution is -2.25. The van der Waals surface area contributed by atoms with Crippen LogP contribution in [0.2, 0.25) is 0 Å². The number of imidazole rings is 1. The first-order valence-electron chi connectivity index (χ1n) is 7.66. The Morgan fingerprint density at radius 2 is 2.09 bits per heavy atom. The second kappa shape index (κ2) is 5.50. The standard InChI is InChI=1S/C18H16FN3O/c19-13-6-4-12(5-7-13)15-9-16(15)18(23)20-10-14-11-22-8-2-1-3-17(22)21-14/h1-8,11,15-16H,9-10H2,(H,20,23)/t15-,16-/m0/s1. The molecule has 1 aliphatic rings. The summed E-state index contributed by atoms with van der Waals surface area (Å²) in [6, 6.07) is 12.2. The van der Waals surface area contributed by atoms with Gasteiger partial charge >= 0.3 is 0 Å². The Bertz CT molecular complexity index is 823. The van der Waals surface area contributed by atoms with Gasteiger partial charge in [0.1, 0.15) is 11.5 Å². The number of halogens is 1. The number of hydrogen-bond acceptors (Lipinski definition) is 2. The molecule has 0 bridgehead atoms. The Morgan fingerprint density at radius 1 is 1.26 bits per heavy atom. The van der Waals surface area contributed by atoms with Gasteiger partial charge in [0.15, 0.2) is 0 Å². The molecule has 2 heterocycles. The van der Waals surface area contributed by atoms with Crippen LogP contribution in [0.3, 0.4) is 0 Å². The molecule has 1 amide bonds. The first-order valence-corrected chi connectivity index (χ1v) is 7.66. The number of nitrogens with zero attached hydrogens (tertiary/aromatic N) is 2. The zero-order chi connectivity index (χ0) is 15.8. The van der Waals surface area contributed by atoms with Gasteiger partial charge in [0, 0.05) is 18.3 Å². The molecule has 1 aromatic carbocycles. The van der Waals surface area contributed by atoms with Crippen molar-refractivity contribution in [2.24, 2.45) is 5.92 Å². The third-order valence-corrected chi connectivity index (χ3v) is 4.28. The lowest BCUT2D eigenvalue weighted by atomic mass is 10.1. The van der Waals surface area contributed by atoms with Crippen LogP contribution in [-0.4, -0.2) is 15.3 Å². The van der Waals surface area contributed by atoms with Crippen LogP contribution < -0.4 is 5.32 Å². The number of carbonyl (C=O) groups excluding carboxylic acids is 1. The molecule has 1 N–H and O–H groups in total. The fourth-order valence-corrected chi connectivity index (χ4v) is 2.94. The lowest BCUT2D eigenvalue weighted by Gasteiger charge is -2.03. The molecule has 23 heavy (non-hydrogen) atoms. The van der Waals surface area contributed by atoms with Crippen LogP contribution in [-0.2, 0) is 11.3 Å². The smallest absolute Gasteiger partial charge is 0.224 e. The summed E-state index contributed by atoms with van der Waals surface area (Å²) in [5, 5.41) is 2.94. The summed E-state index contributed by atoms with van der Waals surface area (Å²) in [4.78, 5) is 16.7. The predicted octanol–water partition coefficient (Wildman–Crippen LogP) is 2.89. The van der Waals surface area contributed by atoms with Crippen molar-refractivity contribution in [3.63, 3.8) is 0 Å². The molecule has 1 aliphatic carbocycles. The Hall–Kier alpha value is -2.69. The largest absolute Gasteiger partial charge is 0.350 e. The number of nitrogens with one attached hydrogen (secondary N) is 1. The van der Waals surface area contributed by atoms with Gasteiger partial charge in [-0.3, -0.25) is 4.79 Å². The van der Waals surface area contributed by atoms with E-state index < -0.39 is 0 Å². The van der Waals surface area contributed by atoms with E-state index in [0.29, 0.717) is 6.54 Å². The van der Waals surface area contributed by atoms with E-state index in [4.69, 9.17) is 0 Å². The summed E-state index contributed by atoms with van der Waals surface area (Å²) in [7, 11) is 0. The zero-order valence-electron chi connectivity index (χ0n) is 12.4. The van der Waals surface area contributed by atoms with Gasteiger partial charge in [-0.2, -0.15) is 0 Å². The molecule has 1 fully saturated rings. The number of amides is 1. The Balaban J connectivity index is 1.36. The van der Waals surface area contributed by atoms with Crippen molar-refractivity contribution in [2.75, 3.05) is 0 Å². The molecule has 0 spiro atoms. The summed E-state index contributed by atoms with van der Waals surface area (Å²) < 4.78 is 14.9. The van der Waals surface area contributed by atoms with Gasteiger partial charge < -0.3 is 9.72 Å². The molecule has 0 aliphatic heterocycles. The molecular weight excluding hydrogens is 293 g/mol. The molecule has 116 valence electrons. The van der Waals surface area contributed by atoms with Gasteiger partial charge in [-0.25, -0.2) is 9.37 Å². The van der Waals surface area contributed by atoms with Crippen molar-refractivity contribution in [3.05, 3.63) is 71.9 Å². The molecule has 4 rings (SSSR count). The van der Waals surface area contributed by atoms with E-state index in [-0.39, 0.29) is 23.6 Å². The van der Waals surface area contributed by atoms with Gasteiger partial charge in [-0.15, -0.1) is 0 Å². The third kappa shape index (κ3) is 2.82. The zero-order valence-corrected chi connectivity index (χ0v) is 12.4. The minimum atomic E-state index is -0.248. The normalized spacial score (nSPS) is 19.7. The number of pyridine rings is 1. The highest BCUT2D eigenvalue weighted by Gasteiger charge is 2.43. The van der Waals surface area contributed by atoms with Crippen LogP contribution in [0, 0.1) is 11.7 Å². The number of carbonyl (C=O) groups is 1. The van der Waals surface area contributed by atoms with Crippen molar-refractivity contribution < 1.29 is 9.18 Å². The van der Waals surface area contributed by atoms with Crippen LogP contribution >= 0.6 is 0 Å². The van der Waals surface area contributed by atoms with Crippen LogP contribution in [0.5, 0.6) is 0 Å². The van der Waals surface area contributed by atoms with Crippen LogP contribution in [0.25, 0.3) is 5.65 Å². The second-order valence-electron chi connectivity index (χ2n) is 5.92. The van der Waals surface area contributed by atoms with Gasteiger partial charge in [0.2, 0.25) is 5.91 Å². The van der Waals surface area contributed by atoms with E-state index in [9.17, 15) is 9.18 Å². The third-order valence-electron chi connectivity index (χ3n) is 4.28. The maximum Gasteiger partial charge on any atom is 0.224 e. The summed E-state index contributed by atoms with van der Waals surface area (Å²) >= 11 is 0. The monoisotopic (exact) mass is 309 g/mol. The maximum absolute atomic E-state index is 12.9. The summed E-state index contributed by atoms with van der Waals surface area (Å²) in [5.74, 6) is -0.0206. The maximum atomic E-state index is 12.9. The van der Waals surface area contributed by atoms with Crippen molar-refractivity contribution in [1.82, 2.24) is 14.7 Å². The first kappa shape index (κ1) is 13.9. The predicted molar refractivity (Wildman–Crippen MR) is 84.3 cm³/mol. The highest BCUT2D eigenvalue weighted by molar-refractivity contribution is 5.82. The fraction of sp³-hybridized carbons (Fsp3) is 0.222.